The lowest BCUT2D eigenvalue weighted by Crippen LogP contribution is -1.91. The Morgan fingerprint density at radius 1 is 1.71 bits per heavy atom. The zero-order chi connectivity index (χ0) is 5.11. The number of rotatable bonds is 1. The van der Waals surface area contributed by atoms with Crippen molar-refractivity contribution in [3.63, 3.8) is 0 Å². The average molecular weight is 97.1 g/mol. The van der Waals surface area contributed by atoms with Gasteiger partial charge >= 0.3 is 0 Å². The molecule has 1 aliphatic rings. The van der Waals surface area contributed by atoms with Crippen LogP contribution in [0.25, 0.3) is 0 Å². The minimum Gasteiger partial charge on any atom is -0.546 e. The van der Waals surface area contributed by atoms with Crippen molar-refractivity contribution in [2.75, 3.05) is 6.61 Å². The van der Waals surface area contributed by atoms with Gasteiger partial charge in [-0.1, -0.05) is 0 Å². The summed E-state index contributed by atoms with van der Waals surface area (Å²) in [7, 11) is 0. The lowest BCUT2D eigenvalue weighted by molar-refractivity contribution is 0.0571. The summed E-state index contributed by atoms with van der Waals surface area (Å²) in [5.74, 6) is 0. The topological polar surface area (TPSA) is 2.70 Å². The van der Waals surface area contributed by atoms with Crippen molar-refractivity contribution in [2.24, 2.45) is 0 Å². The molecular formula is C6H9O+. The fourth-order valence-corrected chi connectivity index (χ4v) is 0.603. The molecule has 0 unspecified atom stereocenters. The summed E-state index contributed by atoms with van der Waals surface area (Å²) in [6.45, 7) is 4.61. The van der Waals surface area contributed by atoms with Crippen LogP contribution in [0.5, 0.6) is 0 Å². The van der Waals surface area contributed by atoms with Crippen LogP contribution in [0.4, 0.5) is 0 Å². The second-order valence-electron chi connectivity index (χ2n) is 1.50. The van der Waals surface area contributed by atoms with E-state index >= 15 is 0 Å². The molecule has 1 rings (SSSR count). The number of hydrogen-bond acceptors (Lipinski definition) is 0. The van der Waals surface area contributed by atoms with E-state index in [-0.39, 0.29) is 0 Å². The van der Waals surface area contributed by atoms with Gasteiger partial charge in [-0.2, -0.15) is 0 Å². The Hall–Kier alpha value is -0.720. The molecule has 0 amide bonds. The van der Waals surface area contributed by atoms with Crippen LogP contribution in [0, 0.1) is 0 Å². The Kier molecular flexibility index (Phi) is 1.16. The van der Waals surface area contributed by atoms with Crippen molar-refractivity contribution in [3.8, 4) is 0 Å². The molecule has 0 aliphatic carbocycles. The van der Waals surface area contributed by atoms with Gasteiger partial charge in [0.05, 0.1) is 6.42 Å². The molecule has 1 heteroatoms. The zero-order valence-electron chi connectivity index (χ0n) is 4.26. The molecular weight excluding hydrogens is 88.1 g/mol. The first kappa shape index (κ1) is 4.44. The summed E-state index contributed by atoms with van der Waals surface area (Å²) in [4.78, 5) is 0. The summed E-state index contributed by atoms with van der Waals surface area (Å²) < 4.78 is 2.76. The standard InChI is InChI=1S/C6H9O/c1-2-7-5-3-4-6-7/h2-3,5H,1,4,6H2/q+1. The van der Waals surface area contributed by atoms with Crippen LogP contribution in [0.3, 0.4) is 0 Å². The van der Waals surface area contributed by atoms with Crippen LogP contribution in [-0.4, -0.2) is 6.61 Å². The highest BCUT2D eigenvalue weighted by Crippen LogP contribution is 2.08. The minimum atomic E-state index is 1.03. The van der Waals surface area contributed by atoms with Gasteiger partial charge in [-0.3, -0.25) is 0 Å². The van der Waals surface area contributed by atoms with Gasteiger partial charge < -0.3 is 4.37 Å². The van der Waals surface area contributed by atoms with Crippen molar-refractivity contribution in [1.29, 1.82) is 0 Å². The molecule has 0 radical (unpaired) electrons. The summed E-state index contributed by atoms with van der Waals surface area (Å²) >= 11 is 0. The van der Waals surface area contributed by atoms with Gasteiger partial charge in [0, 0.05) is 6.08 Å². The largest absolute Gasteiger partial charge is 0.546 e. The minimum absolute atomic E-state index is 1.03. The molecule has 1 nitrogen and oxygen atoms in total. The van der Waals surface area contributed by atoms with E-state index in [9.17, 15) is 0 Å². The molecule has 0 saturated heterocycles. The predicted octanol–water partition coefficient (Wildman–Crippen LogP) is 1.60. The van der Waals surface area contributed by atoms with Gasteiger partial charge in [0.1, 0.15) is 0 Å². The Morgan fingerprint density at radius 3 is 2.86 bits per heavy atom. The van der Waals surface area contributed by atoms with E-state index in [0.29, 0.717) is 0 Å². The van der Waals surface area contributed by atoms with Crippen molar-refractivity contribution in [2.45, 2.75) is 6.42 Å². The van der Waals surface area contributed by atoms with E-state index in [0.717, 1.165) is 13.0 Å². The summed E-state index contributed by atoms with van der Waals surface area (Å²) in [6.07, 6.45) is 6.96. The van der Waals surface area contributed by atoms with Crippen LogP contribution in [0.2, 0.25) is 0 Å². The van der Waals surface area contributed by atoms with E-state index in [1.807, 2.05) is 6.26 Å². The molecule has 38 valence electrons. The van der Waals surface area contributed by atoms with Crippen molar-refractivity contribution >= 4 is 0 Å². The Labute approximate surface area is 43.6 Å². The molecule has 0 aromatic carbocycles. The molecule has 1 aliphatic heterocycles. The molecule has 0 fully saturated rings. The molecule has 0 saturated carbocycles. The lowest BCUT2D eigenvalue weighted by Gasteiger charge is -2.05. The first-order chi connectivity index (χ1) is 3.43. The van der Waals surface area contributed by atoms with Crippen molar-refractivity contribution in [1.82, 2.24) is 0 Å². The molecule has 7 heavy (non-hydrogen) atoms. The third kappa shape index (κ3) is 0.829. The SMILES string of the molecule is C=C[O+]1C=CCC1. The zero-order valence-corrected chi connectivity index (χ0v) is 4.26. The smallest absolute Gasteiger partial charge is 0.219 e. The normalized spacial score (nSPS) is 18.0. The van der Waals surface area contributed by atoms with Gasteiger partial charge in [0.2, 0.25) is 12.5 Å². The van der Waals surface area contributed by atoms with Gasteiger partial charge in [-0.25, -0.2) is 0 Å². The summed E-state index contributed by atoms with van der Waals surface area (Å²) in [5.41, 5.74) is 0. The molecule has 0 spiro atoms. The average Bonchev–Trinajstić information content (AvgIpc) is 2.14. The quantitative estimate of drug-likeness (QED) is 0.345. The van der Waals surface area contributed by atoms with Crippen LogP contribution in [0.1, 0.15) is 6.42 Å². The maximum absolute atomic E-state index is 3.58. The van der Waals surface area contributed by atoms with Crippen molar-refractivity contribution in [3.05, 3.63) is 25.2 Å². The van der Waals surface area contributed by atoms with Crippen LogP contribution in [-0.2, 0) is 4.37 Å². The van der Waals surface area contributed by atoms with Gasteiger partial charge in [0.15, 0.2) is 6.61 Å². The van der Waals surface area contributed by atoms with E-state index in [1.54, 1.807) is 6.26 Å². The molecule has 0 N–H and O–H groups in total. The maximum atomic E-state index is 3.58. The van der Waals surface area contributed by atoms with Crippen LogP contribution >= 0.6 is 0 Å². The van der Waals surface area contributed by atoms with Gasteiger partial charge in [-0.05, 0) is 6.58 Å². The van der Waals surface area contributed by atoms with Crippen LogP contribution in [0.15, 0.2) is 25.2 Å². The first-order valence-corrected chi connectivity index (χ1v) is 2.41. The second-order valence-corrected chi connectivity index (χ2v) is 1.50. The molecule has 0 aromatic heterocycles. The van der Waals surface area contributed by atoms with E-state index in [1.165, 1.54) is 0 Å². The first-order valence-electron chi connectivity index (χ1n) is 2.41. The third-order valence-electron chi connectivity index (χ3n) is 1.01. The predicted molar refractivity (Wildman–Crippen MR) is 29.9 cm³/mol. The Bertz CT molecular complexity index is 94.4. The fourth-order valence-electron chi connectivity index (χ4n) is 0.603. The highest BCUT2D eigenvalue weighted by molar-refractivity contribution is 4.86. The van der Waals surface area contributed by atoms with Gasteiger partial charge in [0.25, 0.3) is 0 Å². The van der Waals surface area contributed by atoms with Crippen molar-refractivity contribution < 1.29 is 4.37 Å². The number of hydrogen-bond donors (Lipinski definition) is 0. The highest BCUT2D eigenvalue weighted by atomic mass is 16.7. The highest BCUT2D eigenvalue weighted by Gasteiger charge is 2.02. The van der Waals surface area contributed by atoms with Gasteiger partial charge in [-0.15, -0.1) is 0 Å². The fraction of sp³-hybridized carbons (Fsp3) is 0.333. The molecule has 0 aromatic rings. The third-order valence-corrected chi connectivity index (χ3v) is 1.01. The molecule has 1 heterocycles. The van der Waals surface area contributed by atoms with E-state index in [4.69, 9.17) is 0 Å². The monoisotopic (exact) mass is 97.1 g/mol. The van der Waals surface area contributed by atoms with Crippen LogP contribution < -0.4 is 0 Å². The van der Waals surface area contributed by atoms with E-state index < -0.39 is 0 Å². The summed E-state index contributed by atoms with van der Waals surface area (Å²) in [5, 5.41) is 0. The Morgan fingerprint density at radius 2 is 2.57 bits per heavy atom. The maximum Gasteiger partial charge on any atom is 0.219 e. The van der Waals surface area contributed by atoms with E-state index in [2.05, 4.69) is 17.0 Å². The lowest BCUT2D eigenvalue weighted by atomic mass is 10.5. The Balaban J connectivity index is 2.42. The molecule has 0 bridgehead atoms. The molecule has 0 atom stereocenters. The second kappa shape index (κ2) is 1.82. The summed E-state index contributed by atoms with van der Waals surface area (Å²) in [6, 6.07) is 0.